The second-order valence-corrected chi connectivity index (χ2v) is 9.55. The summed E-state index contributed by atoms with van der Waals surface area (Å²) in [5.41, 5.74) is 5.27. The van der Waals surface area contributed by atoms with Gasteiger partial charge in [0, 0.05) is 23.5 Å². The zero-order chi connectivity index (χ0) is 27.1. The van der Waals surface area contributed by atoms with E-state index in [2.05, 4.69) is 29.6 Å². The number of imidazole rings is 2. The summed E-state index contributed by atoms with van der Waals surface area (Å²) in [7, 11) is 0. The van der Waals surface area contributed by atoms with Gasteiger partial charge in [-0.25, -0.2) is 28.5 Å². The molecule has 0 bridgehead atoms. The molecule has 10 nitrogen and oxygen atoms in total. The molecule has 4 heterocycles. The molecule has 4 aromatic heterocycles. The van der Waals surface area contributed by atoms with E-state index >= 15 is 0 Å². The fourth-order valence-corrected chi connectivity index (χ4v) is 4.23. The van der Waals surface area contributed by atoms with Crippen molar-refractivity contribution in [2.24, 2.45) is 0 Å². The van der Waals surface area contributed by atoms with E-state index in [9.17, 15) is 9.59 Å². The third kappa shape index (κ3) is 4.18. The van der Waals surface area contributed by atoms with Crippen molar-refractivity contribution in [2.45, 2.75) is 39.5 Å². The number of aromatic amines is 2. The van der Waals surface area contributed by atoms with E-state index in [-0.39, 0.29) is 23.0 Å². The van der Waals surface area contributed by atoms with E-state index in [1.165, 1.54) is 8.80 Å². The van der Waals surface area contributed by atoms with Crippen molar-refractivity contribution in [1.29, 1.82) is 0 Å². The van der Waals surface area contributed by atoms with Crippen LogP contribution in [-0.2, 0) is 0 Å². The summed E-state index contributed by atoms with van der Waals surface area (Å²) in [5.74, 6) is 1.51. The summed E-state index contributed by atoms with van der Waals surface area (Å²) in [6.07, 6.45) is 0. The summed E-state index contributed by atoms with van der Waals surface area (Å²) in [6, 6.07) is 13.5. The van der Waals surface area contributed by atoms with Gasteiger partial charge >= 0.3 is 0 Å². The first-order valence-corrected chi connectivity index (χ1v) is 12.1. The number of hydrogen-bond acceptors (Lipinski definition) is 4. The second kappa shape index (κ2) is 9.34. The zero-order valence-electron chi connectivity index (χ0n) is 21.3. The average molecular weight is 505 g/mol. The number of hydrogen-bond donors (Lipinski definition) is 2. The van der Waals surface area contributed by atoms with Gasteiger partial charge in [0.25, 0.3) is 11.1 Å². The number of aromatic nitrogens is 6. The molecule has 0 atom stereocenters. The van der Waals surface area contributed by atoms with Crippen molar-refractivity contribution in [3.63, 3.8) is 0 Å². The first kappa shape index (κ1) is 24.5. The van der Waals surface area contributed by atoms with Gasteiger partial charge in [0.1, 0.15) is 0 Å². The monoisotopic (exact) mass is 504 g/mol. The highest BCUT2D eigenvalue weighted by atomic mass is 16.1. The predicted molar refractivity (Wildman–Crippen MR) is 147 cm³/mol. The first-order chi connectivity index (χ1) is 18.2. The van der Waals surface area contributed by atoms with Crippen LogP contribution < -0.4 is 11.1 Å². The minimum absolute atomic E-state index is 0.101. The van der Waals surface area contributed by atoms with Crippen molar-refractivity contribution in [2.75, 3.05) is 0 Å². The Bertz CT molecular complexity index is 2040. The molecule has 0 spiro atoms. The minimum Gasteiger partial charge on any atom is -0.328 e. The van der Waals surface area contributed by atoms with Crippen LogP contribution in [0.5, 0.6) is 0 Å². The number of benzene rings is 2. The first-order valence-electron chi connectivity index (χ1n) is 12.1. The van der Waals surface area contributed by atoms with Gasteiger partial charge in [-0.15, -0.1) is 0 Å². The molecule has 10 heteroatoms. The Labute approximate surface area is 216 Å². The maximum absolute atomic E-state index is 12.2. The van der Waals surface area contributed by atoms with Crippen molar-refractivity contribution < 1.29 is 0 Å². The van der Waals surface area contributed by atoms with E-state index in [4.69, 9.17) is 13.1 Å². The van der Waals surface area contributed by atoms with Gasteiger partial charge in [0.2, 0.25) is 11.6 Å². The lowest BCUT2D eigenvalue weighted by molar-refractivity contribution is 0.812. The number of rotatable bonds is 2. The summed E-state index contributed by atoms with van der Waals surface area (Å²) in [4.78, 5) is 46.3. The molecule has 0 radical (unpaired) electrons. The fraction of sp³-hybridized carbons (Fsp3) is 0.214. The molecule has 0 aliphatic heterocycles. The van der Waals surface area contributed by atoms with Gasteiger partial charge in [-0.3, -0.25) is 9.59 Å². The van der Waals surface area contributed by atoms with Crippen LogP contribution >= 0.6 is 0 Å². The molecule has 0 aliphatic carbocycles. The van der Waals surface area contributed by atoms with Crippen molar-refractivity contribution >= 4 is 45.0 Å². The lowest BCUT2D eigenvalue weighted by atomic mass is 10.1. The molecule has 0 aliphatic rings. The molecule has 0 saturated heterocycles. The smallest absolute Gasteiger partial charge is 0.259 e. The van der Waals surface area contributed by atoms with Gasteiger partial charge < -0.3 is 9.97 Å². The maximum atomic E-state index is 12.2. The molecule has 0 amide bonds. The number of H-pyrrole nitrogens is 2. The van der Waals surface area contributed by atoms with Crippen LogP contribution in [0.25, 0.3) is 43.3 Å². The van der Waals surface area contributed by atoms with Crippen molar-refractivity contribution in [1.82, 2.24) is 28.7 Å². The van der Waals surface area contributed by atoms with Gasteiger partial charge in [-0.1, -0.05) is 39.8 Å². The Morgan fingerprint density at radius 2 is 1.18 bits per heavy atom. The van der Waals surface area contributed by atoms with E-state index in [1.807, 2.05) is 27.7 Å². The topological polar surface area (TPSA) is 109 Å². The molecule has 2 aromatic carbocycles. The molecule has 6 rings (SSSR count). The standard InChI is InChI=1S/2C14H12N4O/c1-8(2)10-7-13(19)18-12-5-4-9(15-3)6-11(12)17-14(18)16-10;1-8(2)11-7-13(19)18-12-6-9(15-3)4-5-10(12)16-14(18)17-11/h2*4-8H,1-2H3,(H,16,17). The number of fused-ring (bicyclic) bond motifs is 6. The molecule has 38 heavy (non-hydrogen) atoms. The summed E-state index contributed by atoms with van der Waals surface area (Å²) < 4.78 is 3.05. The highest BCUT2D eigenvalue weighted by Gasteiger charge is 2.12. The van der Waals surface area contributed by atoms with Crippen LogP contribution in [0, 0.1) is 13.1 Å². The van der Waals surface area contributed by atoms with Crippen LogP contribution in [0.4, 0.5) is 11.4 Å². The minimum atomic E-state index is -0.123. The highest BCUT2D eigenvalue weighted by molar-refractivity contribution is 5.84. The fourth-order valence-electron chi connectivity index (χ4n) is 4.23. The average Bonchev–Trinajstić information content (AvgIpc) is 3.46. The van der Waals surface area contributed by atoms with Crippen LogP contribution in [-0.4, -0.2) is 28.7 Å². The lowest BCUT2D eigenvalue weighted by Gasteiger charge is -2.05. The van der Waals surface area contributed by atoms with E-state index < -0.39 is 0 Å². The Morgan fingerprint density at radius 1 is 0.684 bits per heavy atom. The van der Waals surface area contributed by atoms with E-state index in [1.54, 1.807) is 48.5 Å². The highest BCUT2D eigenvalue weighted by Crippen LogP contribution is 2.23. The van der Waals surface area contributed by atoms with Crippen molar-refractivity contribution in [3.05, 3.63) is 103 Å². The summed E-state index contributed by atoms with van der Waals surface area (Å²) >= 11 is 0. The van der Waals surface area contributed by atoms with Gasteiger partial charge in [0.05, 0.1) is 35.2 Å². The molecule has 2 N–H and O–H groups in total. The SMILES string of the molecule is [C-]#[N+]c1ccc2c(c1)nc1[nH]c(C(C)C)cc(=O)n12.[C-]#[N+]c1ccc2nc3[nH]c(C(C)C)cc(=O)n3c2c1. The second-order valence-electron chi connectivity index (χ2n) is 9.55. The van der Waals surface area contributed by atoms with Crippen LogP contribution in [0.15, 0.2) is 58.1 Å². The molecule has 0 saturated carbocycles. The van der Waals surface area contributed by atoms with Crippen molar-refractivity contribution in [3.8, 4) is 0 Å². The molecule has 188 valence electrons. The summed E-state index contributed by atoms with van der Waals surface area (Å²) in [6.45, 7) is 22.1. The van der Waals surface area contributed by atoms with E-state index in [0.717, 1.165) is 16.9 Å². The number of nitrogens with one attached hydrogen (secondary N) is 2. The third-order valence-corrected chi connectivity index (χ3v) is 6.29. The molecule has 6 aromatic rings. The Hall–Kier alpha value is -5.22. The van der Waals surface area contributed by atoms with Gasteiger partial charge in [-0.05, 0) is 36.1 Å². The number of nitrogens with zero attached hydrogens (tertiary/aromatic N) is 6. The normalized spacial score (nSPS) is 11.3. The molecule has 0 unspecified atom stereocenters. The lowest BCUT2D eigenvalue weighted by Crippen LogP contribution is -2.14. The van der Waals surface area contributed by atoms with Gasteiger partial charge in [-0.2, -0.15) is 0 Å². The largest absolute Gasteiger partial charge is 0.328 e. The van der Waals surface area contributed by atoms with Crippen LogP contribution in [0.1, 0.15) is 50.9 Å². The molecular weight excluding hydrogens is 480 g/mol. The summed E-state index contributed by atoms with van der Waals surface area (Å²) in [5, 5.41) is 0. The predicted octanol–water partition coefficient (Wildman–Crippen LogP) is 5.70. The van der Waals surface area contributed by atoms with Gasteiger partial charge in [0.15, 0.2) is 11.4 Å². The third-order valence-electron chi connectivity index (χ3n) is 6.29. The molecule has 0 fully saturated rings. The Morgan fingerprint density at radius 3 is 1.74 bits per heavy atom. The quantitative estimate of drug-likeness (QED) is 0.295. The maximum Gasteiger partial charge on any atom is 0.259 e. The van der Waals surface area contributed by atoms with Crippen LogP contribution in [0.2, 0.25) is 0 Å². The van der Waals surface area contributed by atoms with E-state index in [0.29, 0.717) is 39.5 Å². The Balaban J connectivity index is 0.000000155. The Kier molecular flexibility index (Phi) is 6.01. The molecular formula is C28H24N8O2. The zero-order valence-corrected chi connectivity index (χ0v) is 21.3. The van der Waals surface area contributed by atoms with Crippen LogP contribution in [0.3, 0.4) is 0 Å².